The topological polar surface area (TPSA) is 17.1 Å². The number of carbonyl (C=O) groups excluding carboxylic acids is 1. The van der Waals surface area contributed by atoms with Crippen LogP contribution < -0.4 is 0 Å². The van der Waals surface area contributed by atoms with Gasteiger partial charge >= 0.3 is 0 Å². The predicted molar refractivity (Wildman–Crippen MR) is 62.1 cm³/mol. The van der Waals surface area contributed by atoms with E-state index in [1.165, 1.54) is 24.1 Å². The Morgan fingerprint density at radius 3 is 2.71 bits per heavy atom. The molecule has 0 spiro atoms. The molecule has 1 aromatic rings. The number of ketones is 1. The van der Waals surface area contributed by atoms with Crippen LogP contribution in [0.3, 0.4) is 0 Å². The molecule has 1 aromatic heterocycles. The second kappa shape index (κ2) is 5.97. The van der Waals surface area contributed by atoms with Gasteiger partial charge in [-0.3, -0.25) is 4.79 Å². The van der Waals surface area contributed by atoms with Crippen molar-refractivity contribution >= 4 is 17.1 Å². The fraction of sp³-hybridized carbons (Fsp3) is 0.583. The first-order valence-corrected chi connectivity index (χ1v) is 6.20. The van der Waals surface area contributed by atoms with Crippen LogP contribution in [0.2, 0.25) is 0 Å². The Balaban J connectivity index is 2.29. The molecule has 78 valence electrons. The summed E-state index contributed by atoms with van der Waals surface area (Å²) >= 11 is 1.66. The molecule has 0 atom stereocenters. The van der Waals surface area contributed by atoms with Gasteiger partial charge in [0.2, 0.25) is 0 Å². The van der Waals surface area contributed by atoms with Gasteiger partial charge in [0.05, 0.1) is 0 Å². The van der Waals surface area contributed by atoms with Crippen LogP contribution in [0.15, 0.2) is 11.4 Å². The molecule has 0 aliphatic heterocycles. The summed E-state index contributed by atoms with van der Waals surface area (Å²) in [6, 6.07) is 1.99. The van der Waals surface area contributed by atoms with Crippen molar-refractivity contribution in [1.82, 2.24) is 0 Å². The molecular formula is C12H18OS. The molecule has 14 heavy (non-hydrogen) atoms. The quantitative estimate of drug-likeness (QED) is 0.508. The summed E-state index contributed by atoms with van der Waals surface area (Å²) < 4.78 is 0. The summed E-state index contributed by atoms with van der Waals surface area (Å²) in [5.74, 6) is 0.311. The summed E-state index contributed by atoms with van der Waals surface area (Å²) in [6.07, 6.45) is 5.42. The maximum atomic E-state index is 11.6. The van der Waals surface area contributed by atoms with Crippen molar-refractivity contribution in [1.29, 1.82) is 0 Å². The molecule has 0 saturated carbocycles. The molecule has 1 heterocycles. The SMILES string of the molecule is CCCCCCC(=O)c1csc(C)c1. The maximum Gasteiger partial charge on any atom is 0.163 e. The largest absolute Gasteiger partial charge is 0.294 e. The number of hydrogen-bond acceptors (Lipinski definition) is 2. The van der Waals surface area contributed by atoms with E-state index in [4.69, 9.17) is 0 Å². The second-order valence-corrected chi connectivity index (χ2v) is 4.80. The third kappa shape index (κ3) is 3.62. The van der Waals surface area contributed by atoms with Gasteiger partial charge in [-0.05, 0) is 19.4 Å². The highest BCUT2D eigenvalue weighted by Crippen LogP contribution is 2.16. The van der Waals surface area contributed by atoms with Gasteiger partial charge in [-0.2, -0.15) is 0 Å². The Bertz CT molecular complexity index is 288. The molecule has 0 saturated heterocycles. The number of hydrogen-bond donors (Lipinski definition) is 0. The van der Waals surface area contributed by atoms with E-state index in [-0.39, 0.29) is 0 Å². The normalized spacial score (nSPS) is 10.4. The number of Topliss-reactive ketones (excluding diaryl/α,β-unsaturated/α-hetero) is 1. The average molecular weight is 210 g/mol. The number of aryl methyl sites for hydroxylation is 1. The fourth-order valence-corrected chi connectivity index (χ4v) is 2.15. The minimum Gasteiger partial charge on any atom is -0.294 e. The molecule has 0 N–H and O–H groups in total. The average Bonchev–Trinajstić information content (AvgIpc) is 2.59. The van der Waals surface area contributed by atoms with Gasteiger partial charge < -0.3 is 0 Å². The Labute approximate surface area is 90.2 Å². The van der Waals surface area contributed by atoms with Crippen molar-refractivity contribution in [3.05, 3.63) is 21.9 Å². The Morgan fingerprint density at radius 2 is 2.14 bits per heavy atom. The van der Waals surface area contributed by atoms with Crippen LogP contribution in [0.5, 0.6) is 0 Å². The first-order valence-electron chi connectivity index (χ1n) is 5.32. The van der Waals surface area contributed by atoms with Crippen molar-refractivity contribution in [3.8, 4) is 0 Å². The first-order chi connectivity index (χ1) is 6.74. The molecular weight excluding hydrogens is 192 g/mol. The summed E-state index contributed by atoms with van der Waals surface area (Å²) in [4.78, 5) is 12.9. The van der Waals surface area contributed by atoms with Crippen LogP contribution in [0.4, 0.5) is 0 Å². The zero-order valence-electron chi connectivity index (χ0n) is 9.01. The lowest BCUT2D eigenvalue weighted by molar-refractivity contribution is 0.0979. The zero-order chi connectivity index (χ0) is 10.4. The van der Waals surface area contributed by atoms with E-state index >= 15 is 0 Å². The van der Waals surface area contributed by atoms with Gasteiger partial charge in [0.15, 0.2) is 5.78 Å². The number of thiophene rings is 1. The fourth-order valence-electron chi connectivity index (χ4n) is 1.45. The molecule has 0 aliphatic carbocycles. The number of rotatable bonds is 6. The highest BCUT2D eigenvalue weighted by atomic mass is 32.1. The van der Waals surface area contributed by atoms with Crippen molar-refractivity contribution in [3.63, 3.8) is 0 Å². The van der Waals surface area contributed by atoms with Crippen molar-refractivity contribution in [2.45, 2.75) is 46.0 Å². The monoisotopic (exact) mass is 210 g/mol. The molecule has 1 rings (SSSR count). The van der Waals surface area contributed by atoms with Crippen molar-refractivity contribution in [2.24, 2.45) is 0 Å². The maximum absolute atomic E-state index is 11.6. The third-order valence-electron chi connectivity index (χ3n) is 2.31. The zero-order valence-corrected chi connectivity index (χ0v) is 9.82. The van der Waals surface area contributed by atoms with E-state index < -0.39 is 0 Å². The molecule has 0 fully saturated rings. The smallest absolute Gasteiger partial charge is 0.163 e. The van der Waals surface area contributed by atoms with Crippen LogP contribution in [0, 0.1) is 6.92 Å². The van der Waals surface area contributed by atoms with Crippen molar-refractivity contribution in [2.75, 3.05) is 0 Å². The van der Waals surface area contributed by atoms with E-state index in [0.29, 0.717) is 5.78 Å². The molecule has 0 amide bonds. The lowest BCUT2D eigenvalue weighted by Crippen LogP contribution is -1.96. The molecule has 0 radical (unpaired) electrons. The first kappa shape index (κ1) is 11.4. The predicted octanol–water partition coefficient (Wildman–Crippen LogP) is 4.21. The number of unbranched alkanes of at least 4 members (excludes halogenated alkanes) is 3. The molecule has 2 heteroatoms. The Morgan fingerprint density at radius 1 is 1.36 bits per heavy atom. The minimum atomic E-state index is 0.311. The Hall–Kier alpha value is -0.630. The van der Waals surface area contributed by atoms with Gasteiger partial charge in [-0.25, -0.2) is 0 Å². The standard InChI is InChI=1S/C12H18OS/c1-3-4-5-6-7-12(13)11-8-10(2)14-9-11/h8-9H,3-7H2,1-2H3. The van der Waals surface area contributed by atoms with Crippen molar-refractivity contribution < 1.29 is 4.79 Å². The van der Waals surface area contributed by atoms with Crippen LogP contribution in [0.1, 0.15) is 54.3 Å². The third-order valence-corrected chi connectivity index (χ3v) is 3.17. The van der Waals surface area contributed by atoms with Gasteiger partial charge in [0, 0.05) is 22.2 Å². The van der Waals surface area contributed by atoms with E-state index in [0.717, 1.165) is 18.4 Å². The van der Waals surface area contributed by atoms with E-state index in [2.05, 4.69) is 6.92 Å². The summed E-state index contributed by atoms with van der Waals surface area (Å²) in [5.41, 5.74) is 0.906. The van der Waals surface area contributed by atoms with E-state index in [1.54, 1.807) is 11.3 Å². The number of carbonyl (C=O) groups is 1. The van der Waals surface area contributed by atoms with E-state index in [9.17, 15) is 4.79 Å². The van der Waals surface area contributed by atoms with Crippen LogP contribution in [0.25, 0.3) is 0 Å². The molecule has 0 unspecified atom stereocenters. The van der Waals surface area contributed by atoms with Gasteiger partial charge in [-0.15, -0.1) is 11.3 Å². The van der Waals surface area contributed by atoms with Crippen LogP contribution in [-0.2, 0) is 0 Å². The lowest BCUT2D eigenvalue weighted by atomic mass is 10.1. The highest BCUT2D eigenvalue weighted by molar-refractivity contribution is 7.10. The van der Waals surface area contributed by atoms with Gasteiger partial charge in [0.25, 0.3) is 0 Å². The molecule has 0 aromatic carbocycles. The highest BCUT2D eigenvalue weighted by Gasteiger charge is 2.06. The summed E-state index contributed by atoms with van der Waals surface area (Å²) in [7, 11) is 0. The van der Waals surface area contributed by atoms with Crippen LogP contribution >= 0.6 is 11.3 Å². The summed E-state index contributed by atoms with van der Waals surface area (Å²) in [6.45, 7) is 4.22. The van der Waals surface area contributed by atoms with E-state index in [1.807, 2.05) is 18.4 Å². The lowest BCUT2D eigenvalue weighted by Gasteiger charge is -1.97. The minimum absolute atomic E-state index is 0.311. The van der Waals surface area contributed by atoms with Gasteiger partial charge in [-0.1, -0.05) is 26.2 Å². The molecule has 1 nitrogen and oxygen atoms in total. The second-order valence-electron chi connectivity index (χ2n) is 3.68. The van der Waals surface area contributed by atoms with Crippen LogP contribution in [-0.4, -0.2) is 5.78 Å². The Kier molecular flexibility index (Phi) is 4.88. The van der Waals surface area contributed by atoms with Gasteiger partial charge in [0.1, 0.15) is 0 Å². The molecule has 0 aliphatic rings. The molecule has 0 bridgehead atoms. The summed E-state index contributed by atoms with van der Waals surface area (Å²) in [5, 5.41) is 1.97.